The number of amides is 1. The predicted octanol–water partition coefficient (Wildman–Crippen LogP) is 0.484. The first kappa shape index (κ1) is 11.6. The van der Waals surface area contributed by atoms with Gasteiger partial charge >= 0.3 is 0 Å². The third kappa shape index (κ3) is 3.58. The minimum absolute atomic E-state index is 0.0114. The normalized spacial score (nSPS) is 14.2. The molecule has 92 valence electrons. The first-order valence-electron chi connectivity index (χ1n) is 5.60. The number of aryl methyl sites for hydroxylation is 1. The van der Waals surface area contributed by atoms with E-state index >= 15 is 0 Å². The van der Waals surface area contributed by atoms with E-state index in [4.69, 9.17) is 4.74 Å². The highest BCUT2D eigenvalue weighted by Crippen LogP contribution is 2.18. The van der Waals surface area contributed by atoms with Crippen molar-refractivity contribution in [1.29, 1.82) is 0 Å². The number of hydrogen-bond acceptors (Lipinski definition) is 5. The lowest BCUT2D eigenvalue weighted by atomic mass is 10.4. The van der Waals surface area contributed by atoms with Crippen molar-refractivity contribution in [1.82, 2.24) is 15.3 Å². The zero-order valence-corrected chi connectivity index (χ0v) is 9.99. The van der Waals surface area contributed by atoms with Crippen molar-refractivity contribution in [3.63, 3.8) is 0 Å². The molecule has 1 aliphatic carbocycles. The maximum absolute atomic E-state index is 11.5. The highest BCUT2D eigenvalue weighted by atomic mass is 16.5. The van der Waals surface area contributed by atoms with E-state index in [1.165, 1.54) is 0 Å². The lowest BCUT2D eigenvalue weighted by Gasteiger charge is -2.08. The first-order chi connectivity index (χ1) is 8.17. The number of hydrogen-bond donors (Lipinski definition) is 2. The van der Waals surface area contributed by atoms with Gasteiger partial charge in [-0.15, -0.1) is 0 Å². The lowest BCUT2D eigenvalue weighted by molar-refractivity contribution is -0.119. The summed E-state index contributed by atoms with van der Waals surface area (Å²) in [6.45, 7) is 1.99. The molecule has 1 aliphatic rings. The van der Waals surface area contributed by atoms with Crippen LogP contribution in [0.3, 0.4) is 0 Å². The molecule has 0 radical (unpaired) electrons. The van der Waals surface area contributed by atoms with Crippen molar-refractivity contribution in [3.05, 3.63) is 11.9 Å². The molecule has 0 bridgehead atoms. The van der Waals surface area contributed by atoms with Crippen LogP contribution in [0, 0.1) is 6.92 Å². The van der Waals surface area contributed by atoms with Gasteiger partial charge in [-0.05, 0) is 19.8 Å². The number of carbonyl (C=O) groups excluding carboxylic acids is 1. The van der Waals surface area contributed by atoms with Gasteiger partial charge in [0.1, 0.15) is 11.6 Å². The molecule has 2 rings (SSSR count). The Bertz CT molecular complexity index is 418. The monoisotopic (exact) mass is 236 g/mol. The Morgan fingerprint density at radius 1 is 1.53 bits per heavy atom. The number of rotatable bonds is 5. The van der Waals surface area contributed by atoms with Crippen LogP contribution in [0.15, 0.2) is 6.07 Å². The maximum atomic E-state index is 11.5. The topological polar surface area (TPSA) is 76.1 Å². The van der Waals surface area contributed by atoms with E-state index in [2.05, 4.69) is 20.6 Å². The Morgan fingerprint density at radius 2 is 2.29 bits per heavy atom. The molecule has 17 heavy (non-hydrogen) atoms. The molecular formula is C11H16N4O2. The second kappa shape index (κ2) is 4.99. The van der Waals surface area contributed by atoms with Crippen LogP contribution in [0.5, 0.6) is 5.88 Å². The van der Waals surface area contributed by atoms with Gasteiger partial charge < -0.3 is 15.4 Å². The van der Waals surface area contributed by atoms with Crippen molar-refractivity contribution in [2.24, 2.45) is 0 Å². The van der Waals surface area contributed by atoms with Crippen molar-refractivity contribution in [2.75, 3.05) is 19.0 Å². The second-order valence-electron chi connectivity index (χ2n) is 4.04. The van der Waals surface area contributed by atoms with Crippen molar-refractivity contribution >= 4 is 11.7 Å². The summed E-state index contributed by atoms with van der Waals surface area (Å²) in [4.78, 5) is 19.7. The summed E-state index contributed by atoms with van der Waals surface area (Å²) < 4.78 is 5.03. The summed E-state index contributed by atoms with van der Waals surface area (Å²) in [5.41, 5.74) is 0. The van der Waals surface area contributed by atoms with Crippen LogP contribution >= 0.6 is 0 Å². The molecule has 1 fully saturated rings. The number of nitrogens with one attached hydrogen (secondary N) is 2. The summed E-state index contributed by atoms with van der Waals surface area (Å²) in [5.74, 6) is 1.68. The first-order valence-corrected chi connectivity index (χ1v) is 5.60. The van der Waals surface area contributed by atoms with Gasteiger partial charge in [-0.2, -0.15) is 4.98 Å². The molecule has 0 aliphatic heterocycles. The summed E-state index contributed by atoms with van der Waals surface area (Å²) in [5, 5.41) is 5.84. The molecule has 1 saturated carbocycles. The molecule has 1 aromatic heterocycles. The Hall–Kier alpha value is -1.85. The largest absolute Gasteiger partial charge is 0.481 e. The van der Waals surface area contributed by atoms with E-state index < -0.39 is 0 Å². The van der Waals surface area contributed by atoms with Crippen LogP contribution in [0.4, 0.5) is 5.82 Å². The number of anilines is 1. The van der Waals surface area contributed by atoms with Crippen LogP contribution in [0.2, 0.25) is 0 Å². The Morgan fingerprint density at radius 3 is 2.94 bits per heavy atom. The van der Waals surface area contributed by atoms with Crippen LogP contribution in [0.1, 0.15) is 18.7 Å². The smallest absolute Gasteiger partial charge is 0.239 e. The number of aromatic nitrogens is 2. The molecule has 0 spiro atoms. The minimum atomic E-state index is -0.0114. The summed E-state index contributed by atoms with van der Waals surface area (Å²) in [6, 6.07) is 2.04. The lowest BCUT2D eigenvalue weighted by Crippen LogP contribution is -2.31. The third-order valence-corrected chi connectivity index (χ3v) is 2.40. The molecule has 2 N–H and O–H groups in total. The average Bonchev–Trinajstić information content (AvgIpc) is 3.09. The zero-order valence-electron chi connectivity index (χ0n) is 9.99. The number of methoxy groups -OCH3 is 1. The molecular weight excluding hydrogens is 220 g/mol. The quantitative estimate of drug-likeness (QED) is 0.778. The van der Waals surface area contributed by atoms with E-state index in [1.807, 2.05) is 0 Å². The Kier molecular flexibility index (Phi) is 3.41. The van der Waals surface area contributed by atoms with Gasteiger partial charge in [0, 0.05) is 12.1 Å². The molecule has 1 aromatic rings. The standard InChI is InChI=1S/C11H16N4O2/c1-7-13-9(5-11(14-7)17-2)12-6-10(16)15-8-3-4-8/h5,8H,3-4,6H2,1-2H3,(H,15,16)(H,12,13,14). The van der Waals surface area contributed by atoms with Crippen LogP contribution in [-0.2, 0) is 4.79 Å². The third-order valence-electron chi connectivity index (χ3n) is 2.40. The molecule has 1 amide bonds. The van der Waals surface area contributed by atoms with Crippen LogP contribution < -0.4 is 15.4 Å². The predicted molar refractivity (Wildman–Crippen MR) is 63.0 cm³/mol. The summed E-state index contributed by atoms with van der Waals surface area (Å²) >= 11 is 0. The number of nitrogens with zero attached hydrogens (tertiary/aromatic N) is 2. The van der Waals surface area contributed by atoms with Crippen molar-refractivity contribution in [2.45, 2.75) is 25.8 Å². The van der Waals surface area contributed by atoms with Gasteiger partial charge in [0.2, 0.25) is 11.8 Å². The molecule has 1 heterocycles. The van der Waals surface area contributed by atoms with E-state index in [9.17, 15) is 4.79 Å². The van der Waals surface area contributed by atoms with Gasteiger partial charge in [-0.1, -0.05) is 0 Å². The SMILES string of the molecule is COc1cc(NCC(=O)NC2CC2)nc(C)n1. The van der Waals surface area contributed by atoms with E-state index in [1.54, 1.807) is 20.1 Å². The Balaban J connectivity index is 1.88. The number of carbonyl (C=O) groups is 1. The van der Waals surface area contributed by atoms with Crippen molar-refractivity contribution in [3.8, 4) is 5.88 Å². The number of ether oxygens (including phenoxy) is 1. The van der Waals surface area contributed by atoms with Crippen molar-refractivity contribution < 1.29 is 9.53 Å². The van der Waals surface area contributed by atoms with Gasteiger partial charge in [0.05, 0.1) is 13.7 Å². The average molecular weight is 236 g/mol. The van der Waals surface area contributed by atoms with Gasteiger partial charge in [-0.3, -0.25) is 4.79 Å². The van der Waals surface area contributed by atoms with Gasteiger partial charge in [0.25, 0.3) is 0 Å². The zero-order chi connectivity index (χ0) is 12.3. The van der Waals surface area contributed by atoms with E-state index in [0.717, 1.165) is 12.8 Å². The molecule has 0 unspecified atom stereocenters. The summed E-state index contributed by atoms with van der Waals surface area (Å²) in [6.07, 6.45) is 2.18. The molecule has 0 aromatic carbocycles. The van der Waals surface area contributed by atoms with Gasteiger partial charge in [-0.25, -0.2) is 4.98 Å². The fourth-order valence-electron chi connectivity index (χ4n) is 1.41. The van der Waals surface area contributed by atoms with Gasteiger partial charge in [0.15, 0.2) is 0 Å². The second-order valence-corrected chi connectivity index (χ2v) is 4.04. The molecule has 6 nitrogen and oxygen atoms in total. The highest BCUT2D eigenvalue weighted by Gasteiger charge is 2.22. The summed E-state index contributed by atoms with van der Waals surface area (Å²) in [7, 11) is 1.55. The highest BCUT2D eigenvalue weighted by molar-refractivity contribution is 5.80. The fraction of sp³-hybridized carbons (Fsp3) is 0.545. The molecule has 0 saturated heterocycles. The maximum Gasteiger partial charge on any atom is 0.239 e. The van der Waals surface area contributed by atoms with E-state index in [-0.39, 0.29) is 12.5 Å². The fourth-order valence-corrected chi connectivity index (χ4v) is 1.41. The minimum Gasteiger partial charge on any atom is -0.481 e. The van der Waals surface area contributed by atoms with E-state index in [0.29, 0.717) is 23.6 Å². The van der Waals surface area contributed by atoms with Crippen LogP contribution in [-0.4, -0.2) is 35.6 Å². The molecule has 0 atom stereocenters. The molecule has 6 heteroatoms. The van der Waals surface area contributed by atoms with Crippen LogP contribution in [0.25, 0.3) is 0 Å². The Labute approximate surface area is 99.8 Å².